The molecule has 0 amide bonds. The van der Waals surface area contributed by atoms with Crippen LogP contribution >= 0.6 is 0 Å². The fourth-order valence-corrected chi connectivity index (χ4v) is 4.32. The lowest BCUT2D eigenvalue weighted by Gasteiger charge is -2.19. The van der Waals surface area contributed by atoms with Crippen LogP contribution in [-0.2, 0) is 6.42 Å². The Hall–Kier alpha value is -1.56. The first-order valence-corrected chi connectivity index (χ1v) is 8.75. The van der Waals surface area contributed by atoms with Crippen molar-refractivity contribution >= 4 is 11.6 Å². The van der Waals surface area contributed by atoms with Crippen LogP contribution in [0.3, 0.4) is 0 Å². The predicted octanol–water partition coefficient (Wildman–Crippen LogP) is 4.42. The molecule has 114 valence electrons. The van der Waals surface area contributed by atoms with Gasteiger partial charge in [0.2, 0.25) is 0 Å². The molecule has 3 aliphatic carbocycles. The maximum Gasteiger partial charge on any atom is -0.00170 e. The first kappa shape index (κ1) is 14.1. The molecular weight excluding hydrogens is 264 g/mol. The molecule has 0 fully saturated rings. The average molecular weight is 290 g/mol. The number of fused-ring (bicyclic) bond motifs is 3. The number of allylic oxidation sites excluding steroid dienone is 4. The Morgan fingerprint density at radius 1 is 1.00 bits per heavy atom. The summed E-state index contributed by atoms with van der Waals surface area (Å²) in [5.74, 6) is 0. The first-order chi connectivity index (χ1) is 10.5. The van der Waals surface area contributed by atoms with E-state index in [0.717, 1.165) is 12.8 Å². The molecule has 0 N–H and O–H groups in total. The molecule has 4 rings (SSSR count). The summed E-state index contributed by atoms with van der Waals surface area (Å²) in [4.78, 5) is 0. The van der Waals surface area contributed by atoms with Crippen LogP contribution in [0.2, 0.25) is 0 Å². The number of hydrogen-bond donors (Lipinski definition) is 0. The van der Waals surface area contributed by atoms with E-state index in [1.807, 2.05) is 0 Å². The lowest BCUT2D eigenvalue weighted by Crippen LogP contribution is -2.30. The van der Waals surface area contributed by atoms with Gasteiger partial charge in [0.1, 0.15) is 0 Å². The van der Waals surface area contributed by atoms with Gasteiger partial charge in [-0.15, -0.1) is 0 Å². The summed E-state index contributed by atoms with van der Waals surface area (Å²) in [6.45, 7) is 6.98. The van der Waals surface area contributed by atoms with Crippen molar-refractivity contribution in [2.24, 2.45) is 5.41 Å². The molecule has 0 atom stereocenters. The van der Waals surface area contributed by atoms with E-state index in [1.165, 1.54) is 41.7 Å². The van der Waals surface area contributed by atoms with Gasteiger partial charge in [-0.1, -0.05) is 51.1 Å². The van der Waals surface area contributed by atoms with Gasteiger partial charge in [-0.05, 0) is 82.2 Å². The van der Waals surface area contributed by atoms with Gasteiger partial charge >= 0.3 is 0 Å². The molecule has 0 aromatic heterocycles. The SMILES string of the molecule is CC(C)(C)Cc1ccc2c(c1)=C1CC3=CCCCC3=C1CC=2. The van der Waals surface area contributed by atoms with E-state index in [1.54, 1.807) is 22.3 Å². The van der Waals surface area contributed by atoms with Gasteiger partial charge < -0.3 is 0 Å². The molecule has 0 nitrogen and oxygen atoms in total. The van der Waals surface area contributed by atoms with E-state index in [9.17, 15) is 0 Å². The number of benzene rings is 1. The largest absolute Gasteiger partial charge is 0.0807 e. The molecule has 0 saturated carbocycles. The van der Waals surface area contributed by atoms with E-state index in [-0.39, 0.29) is 0 Å². The Labute approximate surface area is 133 Å². The topological polar surface area (TPSA) is 0 Å². The summed E-state index contributed by atoms with van der Waals surface area (Å²) in [5.41, 5.74) is 8.46. The minimum atomic E-state index is 0.352. The fourth-order valence-electron chi connectivity index (χ4n) is 4.32. The van der Waals surface area contributed by atoms with Gasteiger partial charge in [0.05, 0.1) is 0 Å². The lowest BCUT2D eigenvalue weighted by molar-refractivity contribution is 0.411. The van der Waals surface area contributed by atoms with Crippen LogP contribution < -0.4 is 10.4 Å². The Morgan fingerprint density at radius 3 is 2.68 bits per heavy atom. The molecule has 0 saturated heterocycles. The van der Waals surface area contributed by atoms with Crippen LogP contribution in [0.1, 0.15) is 58.4 Å². The zero-order chi connectivity index (χ0) is 15.3. The minimum Gasteiger partial charge on any atom is -0.0807 e. The van der Waals surface area contributed by atoms with Gasteiger partial charge in [0.25, 0.3) is 0 Å². The van der Waals surface area contributed by atoms with E-state index in [4.69, 9.17) is 0 Å². The van der Waals surface area contributed by atoms with E-state index >= 15 is 0 Å². The molecule has 1 aromatic carbocycles. The lowest BCUT2D eigenvalue weighted by atomic mass is 9.86. The second-order valence-corrected chi connectivity index (χ2v) is 8.30. The monoisotopic (exact) mass is 290 g/mol. The normalized spacial score (nSPS) is 20.1. The van der Waals surface area contributed by atoms with Crippen molar-refractivity contribution in [1.82, 2.24) is 0 Å². The smallest absolute Gasteiger partial charge is 0.00170 e. The number of hydrogen-bond acceptors (Lipinski definition) is 0. The second-order valence-electron chi connectivity index (χ2n) is 8.30. The Kier molecular flexibility index (Phi) is 3.18. The Bertz CT molecular complexity index is 807. The summed E-state index contributed by atoms with van der Waals surface area (Å²) in [6.07, 6.45) is 12.3. The Morgan fingerprint density at radius 2 is 1.86 bits per heavy atom. The molecule has 22 heavy (non-hydrogen) atoms. The maximum atomic E-state index is 2.50. The summed E-state index contributed by atoms with van der Waals surface area (Å²) in [7, 11) is 0. The molecule has 0 unspecified atom stereocenters. The fraction of sp³-hybridized carbons (Fsp3) is 0.455. The van der Waals surface area contributed by atoms with Crippen molar-refractivity contribution in [2.45, 2.75) is 59.3 Å². The van der Waals surface area contributed by atoms with Gasteiger partial charge in [-0.2, -0.15) is 0 Å². The molecule has 3 aliphatic rings. The van der Waals surface area contributed by atoms with Crippen molar-refractivity contribution in [3.63, 3.8) is 0 Å². The van der Waals surface area contributed by atoms with Crippen LogP contribution in [0.25, 0.3) is 11.6 Å². The molecule has 0 radical (unpaired) electrons. The van der Waals surface area contributed by atoms with Gasteiger partial charge in [0.15, 0.2) is 0 Å². The van der Waals surface area contributed by atoms with Crippen molar-refractivity contribution in [3.05, 3.63) is 57.0 Å². The molecular formula is C22H26. The van der Waals surface area contributed by atoms with Crippen LogP contribution in [0, 0.1) is 5.41 Å². The standard InChI is InChI=1S/C22H26/c1-22(2,3)14-15-8-9-16-10-11-19-18-7-5-4-6-17(18)13-21(19)20(16)12-15/h6,8-10,12H,4-5,7,11,13-14H2,1-3H3. The highest BCUT2D eigenvalue weighted by atomic mass is 14.3. The maximum absolute atomic E-state index is 2.50. The molecule has 0 heterocycles. The third kappa shape index (κ3) is 2.39. The summed E-state index contributed by atoms with van der Waals surface area (Å²) in [5, 5.41) is 2.97. The Balaban J connectivity index is 1.88. The highest BCUT2D eigenvalue weighted by molar-refractivity contribution is 5.80. The van der Waals surface area contributed by atoms with Gasteiger partial charge in [-0.3, -0.25) is 0 Å². The van der Waals surface area contributed by atoms with E-state index in [0.29, 0.717) is 5.41 Å². The molecule has 0 heteroatoms. The predicted molar refractivity (Wildman–Crippen MR) is 94.9 cm³/mol. The first-order valence-electron chi connectivity index (χ1n) is 8.75. The van der Waals surface area contributed by atoms with Crippen LogP contribution in [-0.4, -0.2) is 0 Å². The quantitative estimate of drug-likeness (QED) is 0.718. The summed E-state index contributed by atoms with van der Waals surface area (Å²) >= 11 is 0. The molecule has 1 aromatic rings. The second kappa shape index (κ2) is 4.98. The summed E-state index contributed by atoms with van der Waals surface area (Å²) in [6, 6.07) is 7.16. The van der Waals surface area contributed by atoms with E-state index in [2.05, 4.69) is 51.1 Å². The van der Waals surface area contributed by atoms with Crippen LogP contribution in [0.15, 0.2) is 41.0 Å². The molecule has 0 spiro atoms. The molecule has 0 bridgehead atoms. The van der Waals surface area contributed by atoms with E-state index < -0.39 is 0 Å². The average Bonchev–Trinajstić information content (AvgIpc) is 2.84. The van der Waals surface area contributed by atoms with Gasteiger partial charge in [-0.25, -0.2) is 0 Å². The van der Waals surface area contributed by atoms with Gasteiger partial charge in [0, 0.05) is 0 Å². The number of rotatable bonds is 1. The third-order valence-corrected chi connectivity index (χ3v) is 5.21. The zero-order valence-electron chi connectivity index (χ0n) is 14.1. The summed E-state index contributed by atoms with van der Waals surface area (Å²) < 4.78 is 0. The zero-order valence-corrected chi connectivity index (χ0v) is 14.1. The van der Waals surface area contributed by atoms with Crippen LogP contribution in [0.5, 0.6) is 0 Å². The van der Waals surface area contributed by atoms with Crippen molar-refractivity contribution in [3.8, 4) is 0 Å². The van der Waals surface area contributed by atoms with Crippen molar-refractivity contribution in [2.75, 3.05) is 0 Å². The highest BCUT2D eigenvalue weighted by Gasteiger charge is 2.26. The minimum absolute atomic E-state index is 0.352. The third-order valence-electron chi connectivity index (χ3n) is 5.21. The highest BCUT2D eigenvalue weighted by Crippen LogP contribution is 2.43. The van der Waals surface area contributed by atoms with Crippen LogP contribution in [0.4, 0.5) is 0 Å². The molecule has 0 aliphatic heterocycles. The van der Waals surface area contributed by atoms with Crippen molar-refractivity contribution in [1.29, 1.82) is 0 Å². The van der Waals surface area contributed by atoms with Crippen molar-refractivity contribution < 1.29 is 0 Å².